The Morgan fingerprint density at radius 3 is 0.744 bits per heavy atom. The van der Waals surface area contributed by atoms with Crippen molar-refractivity contribution in [1.29, 1.82) is 0 Å². The number of hydrogen-bond donors (Lipinski definition) is 8. The zero-order valence-corrected chi connectivity index (χ0v) is 30.8. The van der Waals surface area contributed by atoms with E-state index in [2.05, 4.69) is 0 Å². The fourth-order valence-electron chi connectivity index (χ4n) is 7.15. The van der Waals surface area contributed by atoms with Gasteiger partial charge in [-0.15, -0.1) is 0 Å². The van der Waals surface area contributed by atoms with Gasteiger partial charge in [-0.05, 0) is 38.5 Å². The summed E-state index contributed by atoms with van der Waals surface area (Å²) in [6.07, 6.45) is 3.76. The predicted octanol–water partition coefficient (Wildman–Crippen LogP) is 1.15. The normalized spacial score (nSPS) is 29.2. The van der Waals surface area contributed by atoms with Crippen molar-refractivity contribution in [3.63, 3.8) is 0 Å². The van der Waals surface area contributed by atoms with Crippen molar-refractivity contribution in [2.45, 2.75) is 88.4 Å². The van der Waals surface area contributed by atoms with Crippen molar-refractivity contribution in [3.8, 4) is 0 Å². The first kappa shape index (κ1) is 40.7. The van der Waals surface area contributed by atoms with Gasteiger partial charge in [0.2, 0.25) is 0 Å². The van der Waals surface area contributed by atoms with Gasteiger partial charge in [0.15, 0.2) is 0 Å². The van der Waals surface area contributed by atoms with Crippen LogP contribution in [-0.4, -0.2) is 134 Å². The molecule has 16 nitrogen and oxygen atoms in total. The van der Waals surface area contributed by atoms with Crippen molar-refractivity contribution in [3.05, 3.63) is 0 Å². The molecular weight excluding hydrogens is 726 g/mol. The van der Waals surface area contributed by atoms with E-state index in [1.54, 1.807) is 19.6 Å². The summed E-state index contributed by atoms with van der Waals surface area (Å²) in [5.41, 5.74) is 0. The van der Waals surface area contributed by atoms with E-state index in [9.17, 15) is 57.4 Å². The summed E-state index contributed by atoms with van der Waals surface area (Å²) in [7, 11) is -18.1. The van der Waals surface area contributed by atoms with Crippen molar-refractivity contribution < 1.29 is 90.1 Å². The van der Waals surface area contributed by atoms with Crippen LogP contribution in [0, 0.1) is 0 Å². The monoisotopic (exact) mass is 774 g/mol. The van der Waals surface area contributed by atoms with Crippen molar-refractivity contribution in [2.24, 2.45) is 0 Å². The minimum absolute atomic E-state index is 0. The summed E-state index contributed by atoms with van der Waals surface area (Å²) in [6.45, 7) is 0.767. The molecule has 4 unspecified atom stereocenters. The van der Waals surface area contributed by atoms with Gasteiger partial charge in [0.25, 0.3) is 0 Å². The van der Waals surface area contributed by atoms with E-state index in [4.69, 9.17) is 0 Å². The van der Waals surface area contributed by atoms with Gasteiger partial charge < -0.3 is 39.1 Å². The van der Waals surface area contributed by atoms with Crippen LogP contribution in [0.3, 0.4) is 0 Å². The summed E-state index contributed by atoms with van der Waals surface area (Å²) < 4.78 is 48.7. The first-order valence-electron chi connectivity index (χ1n) is 14.5. The van der Waals surface area contributed by atoms with Gasteiger partial charge >= 0.3 is 30.4 Å². The van der Waals surface area contributed by atoms with Crippen LogP contribution in [0.15, 0.2) is 0 Å². The predicted molar refractivity (Wildman–Crippen MR) is 156 cm³/mol. The zero-order chi connectivity index (χ0) is 31.3. The largest absolute Gasteiger partial charge is 0.339 e. The Bertz CT molecular complexity index is 909. The van der Waals surface area contributed by atoms with Gasteiger partial charge in [-0.1, -0.05) is 25.7 Å². The van der Waals surface area contributed by atoms with Crippen molar-refractivity contribution in [2.75, 3.05) is 51.3 Å². The van der Waals surface area contributed by atoms with Crippen LogP contribution in [0.1, 0.15) is 64.2 Å². The zero-order valence-electron chi connectivity index (χ0n) is 24.4. The van der Waals surface area contributed by atoms with Crippen molar-refractivity contribution in [1.82, 2.24) is 19.6 Å². The average molecular weight is 774 g/mol. The Balaban J connectivity index is 0.00000645. The maximum Gasteiger partial charge on any atom is 0.339 e. The summed E-state index contributed by atoms with van der Waals surface area (Å²) in [5.74, 6) is 0. The number of rotatable bonds is 8. The Labute approximate surface area is 278 Å². The first-order chi connectivity index (χ1) is 19.3. The second-order valence-corrected chi connectivity index (χ2v) is 18.5. The molecule has 1 aliphatic heterocycles. The summed E-state index contributed by atoms with van der Waals surface area (Å²) in [4.78, 5) is 86.0. The maximum atomic E-state index is 12.2. The quantitative estimate of drug-likeness (QED) is 0.161. The molecule has 3 fully saturated rings. The third-order valence-electron chi connectivity index (χ3n) is 8.51. The first-order valence-corrected chi connectivity index (χ1v) is 21.6. The molecule has 0 bridgehead atoms. The second kappa shape index (κ2) is 17.3. The van der Waals surface area contributed by atoms with Crippen molar-refractivity contribution >= 4 is 30.4 Å². The molecule has 1 radical (unpaired) electrons. The molecule has 0 aromatic carbocycles. The molecule has 8 N–H and O–H groups in total. The number of nitrogens with zero attached hydrogens (tertiary/aromatic N) is 4. The molecule has 0 aromatic rings. The van der Waals surface area contributed by atoms with Crippen LogP contribution in [0.2, 0.25) is 0 Å². The summed E-state index contributed by atoms with van der Waals surface area (Å²) >= 11 is 0. The smallest absolute Gasteiger partial charge is 0.324 e. The molecular formula is C22H48N4O12P4Y. The fraction of sp³-hybridized carbons (Fsp3) is 1.00. The van der Waals surface area contributed by atoms with Crippen LogP contribution in [0.5, 0.6) is 0 Å². The minimum atomic E-state index is -4.52. The molecule has 1 heterocycles. The topological polar surface area (TPSA) is 243 Å². The van der Waals surface area contributed by atoms with Crippen LogP contribution < -0.4 is 0 Å². The Morgan fingerprint density at radius 2 is 0.581 bits per heavy atom. The van der Waals surface area contributed by atoms with Gasteiger partial charge in [0.1, 0.15) is 25.1 Å². The third kappa shape index (κ3) is 14.7. The Kier molecular flexibility index (Phi) is 16.4. The molecule has 2 saturated carbocycles. The van der Waals surface area contributed by atoms with E-state index in [-0.39, 0.29) is 58.9 Å². The van der Waals surface area contributed by atoms with Gasteiger partial charge in [-0.3, -0.25) is 37.9 Å². The van der Waals surface area contributed by atoms with E-state index >= 15 is 0 Å². The molecule has 3 aliphatic rings. The van der Waals surface area contributed by atoms with E-state index in [0.29, 0.717) is 38.5 Å². The molecule has 3 rings (SSSR count). The van der Waals surface area contributed by atoms with Gasteiger partial charge in [-0.2, -0.15) is 0 Å². The molecule has 43 heavy (non-hydrogen) atoms. The van der Waals surface area contributed by atoms with E-state index in [1.165, 1.54) is 0 Å². The molecule has 21 heteroatoms. The SMILES string of the molecule is O=P(O)(O)CN1CCCN(CP(=O)(O)O)C2CCCCC2N(CP(=O)(O)O)CCCN(CP(=O)(O)O)C2CCCCC21.[90Y]. The maximum absolute atomic E-state index is 12.2. The van der Waals surface area contributed by atoms with E-state index in [0.717, 1.165) is 25.7 Å². The van der Waals surface area contributed by atoms with Crippen LogP contribution in [-0.2, 0) is 51.0 Å². The molecule has 0 amide bonds. The van der Waals surface area contributed by atoms with Gasteiger partial charge in [0.05, 0.1) is 0 Å². The number of hydrogen-bond acceptors (Lipinski definition) is 8. The second-order valence-electron chi connectivity index (χ2n) is 12.0. The standard InChI is InChI=1S/C22H48N4O12P4.Y/c27-39(28,29)15-23-11-5-13-25(17-41(33,34)35)21-9-3-4-10-22(21)26(18-42(36,37)38)14-6-12-24(16-40(30,31)32)20-8-2-1-7-19(20)23;/h19-22H,1-18H2,(H2,27,28,29)(H2,30,31,32)(H2,33,34,35)(H2,36,37,38);/i;1+1. The van der Waals surface area contributed by atoms with E-state index < -0.39 is 79.7 Å². The Hall–Kier alpha value is 1.54. The van der Waals surface area contributed by atoms with Gasteiger partial charge in [0, 0.05) is 83.1 Å². The van der Waals surface area contributed by atoms with Gasteiger partial charge in [-0.25, -0.2) is 0 Å². The van der Waals surface area contributed by atoms with Crippen LogP contribution in [0.25, 0.3) is 0 Å². The van der Waals surface area contributed by atoms with E-state index in [1.807, 2.05) is 0 Å². The third-order valence-corrected chi connectivity index (χ3v) is 11.4. The van der Waals surface area contributed by atoms with Crippen LogP contribution >= 0.6 is 30.4 Å². The average Bonchev–Trinajstić information content (AvgIpc) is 2.83. The molecule has 2 aliphatic carbocycles. The molecule has 251 valence electrons. The Morgan fingerprint density at radius 1 is 0.395 bits per heavy atom. The molecule has 0 aromatic heterocycles. The summed E-state index contributed by atoms with van der Waals surface area (Å²) in [6, 6.07) is -1.65. The fourth-order valence-corrected chi connectivity index (χ4v) is 10.5. The number of fused-ring (bicyclic) bond motifs is 2. The summed E-state index contributed by atoms with van der Waals surface area (Å²) in [5, 5.41) is 0. The molecule has 0 spiro atoms. The molecule has 4 atom stereocenters. The molecule has 1 saturated heterocycles. The minimum Gasteiger partial charge on any atom is -0.324 e. The van der Waals surface area contributed by atoms with Crippen LogP contribution in [0.4, 0.5) is 0 Å².